The van der Waals surface area contributed by atoms with Gasteiger partial charge in [0.15, 0.2) is 0 Å². The summed E-state index contributed by atoms with van der Waals surface area (Å²) in [6.07, 6.45) is 4.39. The monoisotopic (exact) mass is 244 g/mol. The van der Waals surface area contributed by atoms with Crippen molar-refractivity contribution in [1.29, 1.82) is 0 Å². The molecule has 0 aliphatic heterocycles. The van der Waals surface area contributed by atoms with Crippen molar-refractivity contribution in [3.05, 3.63) is 28.3 Å². The van der Waals surface area contributed by atoms with Gasteiger partial charge in [-0.15, -0.1) is 11.6 Å². The van der Waals surface area contributed by atoms with E-state index in [4.69, 9.17) is 27.9 Å². The lowest BCUT2D eigenvalue weighted by atomic mass is 10.0. The van der Waals surface area contributed by atoms with Crippen LogP contribution in [0.1, 0.15) is 35.8 Å². The lowest BCUT2D eigenvalue weighted by Crippen LogP contribution is -1.96. The molecular formula is C12H14Cl2O. The fraction of sp³-hybridized carbons (Fsp3) is 0.500. The largest absolute Gasteiger partial charge is 0.497 e. The Labute approximate surface area is 100 Å². The van der Waals surface area contributed by atoms with E-state index in [1.54, 1.807) is 7.11 Å². The second kappa shape index (κ2) is 4.63. The molecule has 1 unspecified atom stereocenters. The SMILES string of the molecule is COc1cc(Cl)c2c(c1)C(Cl)CCCC2. The lowest BCUT2D eigenvalue weighted by molar-refractivity contribution is 0.414. The second-order valence-corrected chi connectivity index (χ2v) is 4.82. The van der Waals surface area contributed by atoms with Gasteiger partial charge in [-0.1, -0.05) is 18.0 Å². The molecule has 0 bridgehead atoms. The zero-order chi connectivity index (χ0) is 10.8. The van der Waals surface area contributed by atoms with Gasteiger partial charge in [0.05, 0.1) is 12.5 Å². The molecule has 0 heterocycles. The van der Waals surface area contributed by atoms with Crippen LogP contribution in [0.2, 0.25) is 5.02 Å². The molecule has 1 aromatic carbocycles. The quantitative estimate of drug-likeness (QED) is 0.527. The summed E-state index contributed by atoms with van der Waals surface area (Å²) >= 11 is 12.6. The van der Waals surface area contributed by atoms with Gasteiger partial charge in [0.2, 0.25) is 0 Å². The summed E-state index contributed by atoms with van der Waals surface area (Å²) in [5.41, 5.74) is 2.36. The maximum absolute atomic E-state index is 6.34. The molecular weight excluding hydrogens is 231 g/mol. The maximum Gasteiger partial charge on any atom is 0.120 e. The van der Waals surface area contributed by atoms with E-state index in [0.29, 0.717) is 0 Å². The van der Waals surface area contributed by atoms with Gasteiger partial charge in [-0.05, 0) is 42.5 Å². The van der Waals surface area contributed by atoms with Crippen LogP contribution in [0.4, 0.5) is 0 Å². The molecule has 1 aliphatic rings. The molecule has 1 nitrogen and oxygen atoms in total. The number of fused-ring (bicyclic) bond motifs is 1. The van der Waals surface area contributed by atoms with E-state index in [1.165, 1.54) is 18.4 Å². The van der Waals surface area contributed by atoms with Gasteiger partial charge in [0.1, 0.15) is 5.75 Å². The molecule has 0 N–H and O–H groups in total. The highest BCUT2D eigenvalue weighted by Crippen LogP contribution is 2.39. The minimum Gasteiger partial charge on any atom is -0.497 e. The fourth-order valence-electron chi connectivity index (χ4n) is 2.07. The molecule has 2 rings (SSSR count). The van der Waals surface area contributed by atoms with E-state index in [1.807, 2.05) is 12.1 Å². The smallest absolute Gasteiger partial charge is 0.120 e. The fourth-order valence-corrected chi connectivity index (χ4v) is 2.73. The van der Waals surface area contributed by atoms with E-state index >= 15 is 0 Å². The summed E-state index contributed by atoms with van der Waals surface area (Å²) in [5, 5.41) is 0.868. The van der Waals surface area contributed by atoms with E-state index in [2.05, 4.69) is 0 Å². The number of ether oxygens (including phenoxy) is 1. The van der Waals surface area contributed by atoms with Gasteiger partial charge in [-0.25, -0.2) is 0 Å². The molecule has 1 aromatic rings. The number of alkyl halides is 1. The third kappa shape index (κ3) is 2.24. The minimum atomic E-state index is 0.0788. The predicted molar refractivity (Wildman–Crippen MR) is 64.2 cm³/mol. The Morgan fingerprint density at radius 2 is 2.13 bits per heavy atom. The summed E-state index contributed by atoms with van der Waals surface area (Å²) in [4.78, 5) is 0. The van der Waals surface area contributed by atoms with Crippen molar-refractivity contribution in [3.63, 3.8) is 0 Å². The Bertz CT molecular complexity index is 363. The standard InChI is InChI=1S/C12H14Cl2O/c1-15-8-6-10-9(12(14)7-8)4-2-3-5-11(10)13/h6-7,11H,2-5H2,1H3. The average molecular weight is 245 g/mol. The molecule has 3 heteroatoms. The van der Waals surface area contributed by atoms with Crippen molar-refractivity contribution in [1.82, 2.24) is 0 Å². The zero-order valence-corrected chi connectivity index (χ0v) is 10.2. The first-order valence-corrected chi connectivity index (χ1v) is 6.04. The van der Waals surface area contributed by atoms with Crippen LogP contribution in [-0.4, -0.2) is 7.11 Å². The van der Waals surface area contributed by atoms with Crippen molar-refractivity contribution < 1.29 is 4.74 Å². The molecule has 0 amide bonds. The van der Waals surface area contributed by atoms with Crippen molar-refractivity contribution >= 4 is 23.2 Å². The first-order valence-electron chi connectivity index (χ1n) is 5.22. The van der Waals surface area contributed by atoms with Crippen LogP contribution in [-0.2, 0) is 6.42 Å². The Morgan fingerprint density at radius 1 is 1.33 bits per heavy atom. The molecule has 1 aliphatic carbocycles. The number of hydrogen-bond donors (Lipinski definition) is 0. The van der Waals surface area contributed by atoms with Crippen molar-refractivity contribution in [2.75, 3.05) is 7.11 Å². The summed E-state index contributed by atoms with van der Waals surface area (Å²) in [6, 6.07) is 3.89. The van der Waals surface area contributed by atoms with E-state index in [9.17, 15) is 0 Å². The maximum atomic E-state index is 6.34. The number of hydrogen-bond acceptors (Lipinski definition) is 1. The van der Waals surface area contributed by atoms with Gasteiger partial charge in [0, 0.05) is 5.02 Å². The Morgan fingerprint density at radius 3 is 2.87 bits per heavy atom. The molecule has 0 saturated heterocycles. The van der Waals surface area contributed by atoms with Crippen LogP contribution in [0.15, 0.2) is 12.1 Å². The molecule has 0 radical (unpaired) electrons. The van der Waals surface area contributed by atoms with E-state index < -0.39 is 0 Å². The normalized spacial score (nSPS) is 20.6. The highest BCUT2D eigenvalue weighted by atomic mass is 35.5. The number of methoxy groups -OCH3 is 1. The third-order valence-electron chi connectivity index (χ3n) is 2.91. The highest BCUT2D eigenvalue weighted by Gasteiger charge is 2.19. The Kier molecular flexibility index (Phi) is 3.42. The zero-order valence-electron chi connectivity index (χ0n) is 8.72. The van der Waals surface area contributed by atoms with Crippen LogP contribution < -0.4 is 4.74 Å². The van der Waals surface area contributed by atoms with Gasteiger partial charge >= 0.3 is 0 Å². The Balaban J connectivity index is 2.50. The summed E-state index contributed by atoms with van der Waals surface area (Å²) in [6.45, 7) is 0. The van der Waals surface area contributed by atoms with Gasteiger partial charge in [-0.2, -0.15) is 0 Å². The van der Waals surface area contributed by atoms with E-state index in [-0.39, 0.29) is 5.38 Å². The second-order valence-electron chi connectivity index (χ2n) is 3.89. The third-order valence-corrected chi connectivity index (χ3v) is 3.70. The number of rotatable bonds is 1. The molecule has 0 spiro atoms. The molecule has 0 saturated carbocycles. The number of benzene rings is 1. The van der Waals surface area contributed by atoms with Crippen LogP contribution in [0.5, 0.6) is 5.75 Å². The van der Waals surface area contributed by atoms with Crippen molar-refractivity contribution in [2.24, 2.45) is 0 Å². The first kappa shape index (κ1) is 11.1. The number of halogens is 2. The minimum absolute atomic E-state index is 0.0788. The summed E-state index contributed by atoms with van der Waals surface area (Å²) < 4.78 is 5.21. The topological polar surface area (TPSA) is 9.23 Å². The van der Waals surface area contributed by atoms with Crippen LogP contribution in [0.3, 0.4) is 0 Å². The van der Waals surface area contributed by atoms with Crippen LogP contribution in [0.25, 0.3) is 0 Å². The predicted octanol–water partition coefficient (Wildman–Crippen LogP) is 4.35. The highest BCUT2D eigenvalue weighted by molar-refractivity contribution is 6.32. The van der Waals surface area contributed by atoms with Crippen LogP contribution in [0, 0.1) is 0 Å². The Hall–Kier alpha value is -0.400. The lowest BCUT2D eigenvalue weighted by Gasteiger charge is -2.14. The van der Waals surface area contributed by atoms with E-state index in [0.717, 1.165) is 29.2 Å². The summed E-state index contributed by atoms with van der Waals surface area (Å²) in [7, 11) is 1.65. The van der Waals surface area contributed by atoms with Gasteiger partial charge < -0.3 is 4.74 Å². The molecule has 82 valence electrons. The van der Waals surface area contributed by atoms with Crippen LogP contribution >= 0.6 is 23.2 Å². The summed E-state index contributed by atoms with van der Waals surface area (Å²) in [5.74, 6) is 0.798. The van der Waals surface area contributed by atoms with Crippen molar-refractivity contribution in [3.8, 4) is 5.75 Å². The average Bonchev–Trinajstić information content (AvgIpc) is 2.41. The molecule has 15 heavy (non-hydrogen) atoms. The molecule has 0 fully saturated rings. The van der Waals surface area contributed by atoms with Gasteiger partial charge in [0.25, 0.3) is 0 Å². The van der Waals surface area contributed by atoms with Gasteiger partial charge in [-0.3, -0.25) is 0 Å². The molecule has 1 atom stereocenters. The van der Waals surface area contributed by atoms with Crippen molar-refractivity contribution in [2.45, 2.75) is 31.1 Å². The first-order chi connectivity index (χ1) is 7.22. The molecule has 0 aromatic heterocycles.